The van der Waals surface area contributed by atoms with Crippen LogP contribution in [0.5, 0.6) is 0 Å². The van der Waals surface area contributed by atoms with Gasteiger partial charge in [0.05, 0.1) is 0 Å². The summed E-state index contributed by atoms with van der Waals surface area (Å²) in [6, 6.07) is 0.785. The van der Waals surface area contributed by atoms with Crippen molar-refractivity contribution in [2.24, 2.45) is 5.41 Å². The molecule has 82 valence electrons. The molecule has 0 unspecified atom stereocenters. The Kier molecular flexibility index (Phi) is 4.67. The van der Waals surface area contributed by atoms with Gasteiger partial charge < -0.3 is 5.32 Å². The fourth-order valence-electron chi connectivity index (χ4n) is 2.16. The van der Waals surface area contributed by atoms with Crippen LogP contribution in [0.2, 0.25) is 0 Å². The lowest BCUT2D eigenvalue weighted by Crippen LogP contribution is -2.36. The normalized spacial score (nSPS) is 22.1. The molecule has 0 heterocycles. The molecule has 1 heteroatoms. The number of allylic oxidation sites excluding steroid dienone is 1. The van der Waals surface area contributed by atoms with Crippen molar-refractivity contribution in [1.29, 1.82) is 0 Å². The average molecular weight is 195 g/mol. The molecule has 1 aliphatic carbocycles. The fourth-order valence-corrected chi connectivity index (χ4v) is 2.16. The van der Waals surface area contributed by atoms with Gasteiger partial charge >= 0.3 is 0 Å². The highest BCUT2D eigenvalue weighted by atomic mass is 14.9. The van der Waals surface area contributed by atoms with Crippen molar-refractivity contribution in [3.05, 3.63) is 12.7 Å². The van der Waals surface area contributed by atoms with Crippen LogP contribution in [0, 0.1) is 5.41 Å². The van der Waals surface area contributed by atoms with E-state index >= 15 is 0 Å². The third kappa shape index (κ3) is 4.28. The summed E-state index contributed by atoms with van der Waals surface area (Å²) >= 11 is 0. The van der Waals surface area contributed by atoms with Crippen LogP contribution in [0.15, 0.2) is 12.7 Å². The summed E-state index contributed by atoms with van der Waals surface area (Å²) in [5.41, 5.74) is 0.597. The van der Waals surface area contributed by atoms with Crippen LogP contribution < -0.4 is 5.32 Å². The summed E-state index contributed by atoms with van der Waals surface area (Å²) in [7, 11) is 0. The zero-order valence-electron chi connectivity index (χ0n) is 9.81. The molecular formula is C13H25N. The molecule has 0 aliphatic heterocycles. The predicted molar refractivity (Wildman–Crippen MR) is 63.5 cm³/mol. The SMILES string of the molecule is C=CCCCNC1CCC(C)(C)CC1. The Morgan fingerprint density at radius 3 is 2.57 bits per heavy atom. The Hall–Kier alpha value is -0.300. The molecule has 1 N–H and O–H groups in total. The van der Waals surface area contributed by atoms with E-state index in [2.05, 4.69) is 25.7 Å². The lowest BCUT2D eigenvalue weighted by Gasteiger charge is -2.34. The topological polar surface area (TPSA) is 12.0 Å². The standard InChI is InChI=1S/C13H25N/c1-4-5-6-11-14-12-7-9-13(2,3)10-8-12/h4,12,14H,1,5-11H2,2-3H3. The highest BCUT2D eigenvalue weighted by molar-refractivity contribution is 4.82. The van der Waals surface area contributed by atoms with Crippen LogP contribution in [-0.4, -0.2) is 12.6 Å². The van der Waals surface area contributed by atoms with Crippen molar-refractivity contribution in [3.63, 3.8) is 0 Å². The van der Waals surface area contributed by atoms with Crippen molar-refractivity contribution < 1.29 is 0 Å². The molecule has 0 aromatic carbocycles. The molecule has 1 aliphatic rings. The first kappa shape index (κ1) is 11.8. The van der Waals surface area contributed by atoms with Gasteiger partial charge in [-0.25, -0.2) is 0 Å². The smallest absolute Gasteiger partial charge is 0.00674 e. The Labute approximate surface area is 89.0 Å². The first-order valence-corrected chi connectivity index (χ1v) is 5.98. The molecule has 14 heavy (non-hydrogen) atoms. The Morgan fingerprint density at radius 1 is 1.36 bits per heavy atom. The lowest BCUT2D eigenvalue weighted by molar-refractivity contribution is 0.207. The number of nitrogens with one attached hydrogen (secondary N) is 1. The minimum atomic E-state index is 0.597. The molecule has 0 saturated heterocycles. The fraction of sp³-hybridized carbons (Fsp3) is 0.846. The third-order valence-corrected chi connectivity index (χ3v) is 3.36. The first-order valence-electron chi connectivity index (χ1n) is 5.98. The zero-order valence-corrected chi connectivity index (χ0v) is 9.81. The van der Waals surface area contributed by atoms with E-state index < -0.39 is 0 Å². The van der Waals surface area contributed by atoms with Crippen molar-refractivity contribution in [1.82, 2.24) is 5.32 Å². The largest absolute Gasteiger partial charge is 0.314 e. The van der Waals surface area contributed by atoms with Crippen LogP contribution in [0.1, 0.15) is 52.4 Å². The predicted octanol–water partition coefficient (Wildman–Crippen LogP) is 3.51. The monoisotopic (exact) mass is 195 g/mol. The molecule has 0 atom stereocenters. The summed E-state index contributed by atoms with van der Waals surface area (Å²) in [6.07, 6.45) is 9.88. The number of hydrogen-bond donors (Lipinski definition) is 1. The number of unbranched alkanes of at least 4 members (excludes halogenated alkanes) is 1. The van der Waals surface area contributed by atoms with Crippen LogP contribution >= 0.6 is 0 Å². The Morgan fingerprint density at radius 2 is 2.00 bits per heavy atom. The van der Waals surface area contributed by atoms with Gasteiger partial charge in [0.2, 0.25) is 0 Å². The van der Waals surface area contributed by atoms with Gasteiger partial charge in [0.15, 0.2) is 0 Å². The average Bonchev–Trinajstić information content (AvgIpc) is 2.15. The first-order chi connectivity index (χ1) is 6.64. The molecule has 0 bridgehead atoms. The van der Waals surface area contributed by atoms with Crippen LogP contribution in [-0.2, 0) is 0 Å². The van der Waals surface area contributed by atoms with Crippen molar-refractivity contribution in [3.8, 4) is 0 Å². The van der Waals surface area contributed by atoms with Gasteiger partial charge in [-0.15, -0.1) is 6.58 Å². The molecule has 0 aromatic rings. The van der Waals surface area contributed by atoms with Gasteiger partial charge in [0.25, 0.3) is 0 Å². The highest BCUT2D eigenvalue weighted by Gasteiger charge is 2.25. The maximum absolute atomic E-state index is 3.74. The van der Waals surface area contributed by atoms with E-state index in [1.165, 1.54) is 32.1 Å². The second-order valence-corrected chi connectivity index (χ2v) is 5.32. The quantitative estimate of drug-likeness (QED) is 0.523. The van der Waals surface area contributed by atoms with E-state index in [1.807, 2.05) is 6.08 Å². The molecular weight excluding hydrogens is 170 g/mol. The van der Waals surface area contributed by atoms with Gasteiger partial charge in [-0.2, -0.15) is 0 Å². The van der Waals surface area contributed by atoms with Gasteiger partial charge in [-0.3, -0.25) is 0 Å². The zero-order chi connectivity index (χ0) is 10.4. The Balaban J connectivity index is 2.07. The van der Waals surface area contributed by atoms with Crippen molar-refractivity contribution >= 4 is 0 Å². The minimum Gasteiger partial charge on any atom is -0.314 e. The van der Waals surface area contributed by atoms with Crippen LogP contribution in [0.25, 0.3) is 0 Å². The maximum atomic E-state index is 3.74. The maximum Gasteiger partial charge on any atom is 0.00674 e. The van der Waals surface area contributed by atoms with Gasteiger partial charge in [-0.1, -0.05) is 19.9 Å². The molecule has 1 nitrogen and oxygen atoms in total. The molecule has 1 fully saturated rings. The van der Waals surface area contributed by atoms with Crippen molar-refractivity contribution in [2.45, 2.75) is 58.4 Å². The van der Waals surface area contributed by atoms with Gasteiger partial charge in [0, 0.05) is 6.04 Å². The molecule has 0 amide bonds. The summed E-state index contributed by atoms with van der Waals surface area (Å²) < 4.78 is 0. The second kappa shape index (κ2) is 5.55. The van der Waals surface area contributed by atoms with E-state index in [0.717, 1.165) is 19.0 Å². The Bertz CT molecular complexity index is 162. The minimum absolute atomic E-state index is 0.597. The lowest BCUT2D eigenvalue weighted by atomic mass is 9.75. The summed E-state index contributed by atoms with van der Waals surface area (Å²) in [4.78, 5) is 0. The molecule has 1 rings (SSSR count). The van der Waals surface area contributed by atoms with Crippen molar-refractivity contribution in [2.75, 3.05) is 6.54 Å². The molecule has 1 saturated carbocycles. The second-order valence-electron chi connectivity index (χ2n) is 5.32. The molecule has 0 aromatic heterocycles. The van der Waals surface area contributed by atoms with E-state index in [0.29, 0.717) is 5.41 Å². The highest BCUT2D eigenvalue weighted by Crippen LogP contribution is 2.34. The van der Waals surface area contributed by atoms with Crippen LogP contribution in [0.3, 0.4) is 0 Å². The van der Waals surface area contributed by atoms with Gasteiger partial charge in [-0.05, 0) is 50.5 Å². The van der Waals surface area contributed by atoms with E-state index in [9.17, 15) is 0 Å². The molecule has 0 radical (unpaired) electrons. The third-order valence-electron chi connectivity index (χ3n) is 3.36. The summed E-state index contributed by atoms with van der Waals surface area (Å²) in [5.74, 6) is 0. The summed E-state index contributed by atoms with van der Waals surface area (Å²) in [5, 5.41) is 3.65. The number of rotatable bonds is 5. The van der Waals surface area contributed by atoms with Crippen LogP contribution in [0.4, 0.5) is 0 Å². The molecule has 0 spiro atoms. The van der Waals surface area contributed by atoms with Gasteiger partial charge in [0.1, 0.15) is 0 Å². The van der Waals surface area contributed by atoms with E-state index in [-0.39, 0.29) is 0 Å². The van der Waals surface area contributed by atoms with E-state index in [4.69, 9.17) is 0 Å². The summed E-state index contributed by atoms with van der Waals surface area (Å²) in [6.45, 7) is 9.68. The number of hydrogen-bond acceptors (Lipinski definition) is 1. The van der Waals surface area contributed by atoms with E-state index in [1.54, 1.807) is 0 Å².